The van der Waals surface area contributed by atoms with E-state index in [1.807, 2.05) is 24.3 Å². The molecule has 0 aliphatic heterocycles. The van der Waals surface area contributed by atoms with Crippen LogP contribution >= 0.6 is 22.6 Å². The molecule has 0 aromatic heterocycles. The Morgan fingerprint density at radius 2 is 1.86 bits per heavy atom. The van der Waals surface area contributed by atoms with Crippen molar-refractivity contribution < 1.29 is 14.0 Å². The van der Waals surface area contributed by atoms with Crippen molar-refractivity contribution in [2.75, 3.05) is 5.32 Å². The standard InChI is InChI=1S/C15H11FIN3O2/c16-11-5-3-6-12(8-11)19-14(21)15(22)20-18-9-10-4-1-2-7-13(10)17/h1-9H,(H,19,21)(H,20,22)/b18-9-. The lowest BCUT2D eigenvalue weighted by atomic mass is 10.2. The van der Waals surface area contributed by atoms with Crippen LogP contribution in [0.4, 0.5) is 10.1 Å². The Balaban J connectivity index is 1.92. The zero-order valence-corrected chi connectivity index (χ0v) is 13.4. The topological polar surface area (TPSA) is 70.6 Å². The van der Waals surface area contributed by atoms with Crippen LogP contribution in [0.2, 0.25) is 0 Å². The van der Waals surface area contributed by atoms with Gasteiger partial charge in [-0.2, -0.15) is 5.10 Å². The van der Waals surface area contributed by atoms with Gasteiger partial charge in [-0.05, 0) is 46.9 Å². The maximum absolute atomic E-state index is 13.0. The van der Waals surface area contributed by atoms with E-state index < -0.39 is 17.6 Å². The normalized spacial score (nSPS) is 10.5. The number of rotatable bonds is 3. The number of nitrogens with zero attached hydrogens (tertiary/aromatic N) is 1. The number of carbonyl (C=O) groups excluding carboxylic acids is 2. The van der Waals surface area contributed by atoms with Crippen molar-refractivity contribution in [2.24, 2.45) is 5.10 Å². The van der Waals surface area contributed by atoms with E-state index in [1.54, 1.807) is 0 Å². The van der Waals surface area contributed by atoms with Gasteiger partial charge in [-0.1, -0.05) is 24.3 Å². The maximum Gasteiger partial charge on any atom is 0.329 e. The van der Waals surface area contributed by atoms with Crippen molar-refractivity contribution in [3.63, 3.8) is 0 Å². The minimum atomic E-state index is -0.938. The highest BCUT2D eigenvalue weighted by atomic mass is 127. The monoisotopic (exact) mass is 411 g/mol. The summed E-state index contributed by atoms with van der Waals surface area (Å²) in [7, 11) is 0. The number of benzene rings is 2. The lowest BCUT2D eigenvalue weighted by molar-refractivity contribution is -0.136. The van der Waals surface area contributed by atoms with Crippen LogP contribution in [0.25, 0.3) is 0 Å². The molecule has 0 saturated heterocycles. The predicted octanol–water partition coefficient (Wildman–Crippen LogP) is 2.52. The van der Waals surface area contributed by atoms with E-state index in [0.29, 0.717) is 0 Å². The van der Waals surface area contributed by atoms with Crippen LogP contribution in [-0.4, -0.2) is 18.0 Å². The second-order valence-electron chi connectivity index (χ2n) is 4.19. The van der Waals surface area contributed by atoms with Crippen LogP contribution < -0.4 is 10.7 Å². The molecule has 0 spiro atoms. The van der Waals surface area contributed by atoms with Crippen LogP contribution in [0.15, 0.2) is 53.6 Å². The zero-order chi connectivity index (χ0) is 15.9. The first-order chi connectivity index (χ1) is 10.6. The summed E-state index contributed by atoms with van der Waals surface area (Å²) in [6.07, 6.45) is 1.44. The smallest absolute Gasteiger partial charge is 0.318 e. The number of halogens is 2. The second-order valence-corrected chi connectivity index (χ2v) is 5.35. The Kier molecular flexibility index (Phi) is 5.59. The molecule has 5 nitrogen and oxygen atoms in total. The number of amides is 2. The Hall–Kier alpha value is -2.29. The van der Waals surface area contributed by atoms with Gasteiger partial charge in [-0.3, -0.25) is 9.59 Å². The summed E-state index contributed by atoms with van der Waals surface area (Å²) in [5, 5.41) is 5.99. The molecule has 0 heterocycles. The van der Waals surface area contributed by atoms with E-state index in [4.69, 9.17) is 0 Å². The molecule has 0 aliphatic rings. The molecule has 0 fully saturated rings. The fourth-order valence-corrected chi connectivity index (χ4v) is 2.07. The molecule has 2 aromatic rings. The van der Waals surface area contributed by atoms with Crippen molar-refractivity contribution in [3.05, 3.63) is 63.5 Å². The summed E-state index contributed by atoms with van der Waals surface area (Å²) in [5.74, 6) is -2.37. The Morgan fingerprint density at radius 3 is 2.59 bits per heavy atom. The SMILES string of the molecule is O=C(N/N=C\c1ccccc1I)C(=O)Nc1cccc(F)c1. The minimum absolute atomic E-state index is 0.196. The van der Waals surface area contributed by atoms with Gasteiger partial charge in [0, 0.05) is 14.8 Å². The lowest BCUT2D eigenvalue weighted by Gasteiger charge is -2.03. The summed E-state index contributed by atoms with van der Waals surface area (Å²) in [5.41, 5.74) is 3.12. The van der Waals surface area contributed by atoms with E-state index in [-0.39, 0.29) is 5.69 Å². The molecule has 2 amide bonds. The van der Waals surface area contributed by atoms with Gasteiger partial charge in [0.05, 0.1) is 6.21 Å². The molecule has 0 radical (unpaired) electrons. The molecule has 0 bridgehead atoms. The largest absolute Gasteiger partial charge is 0.329 e. The molecular formula is C15H11FIN3O2. The fourth-order valence-electron chi connectivity index (χ4n) is 1.55. The quantitative estimate of drug-likeness (QED) is 0.353. The van der Waals surface area contributed by atoms with E-state index in [1.165, 1.54) is 24.4 Å². The first kappa shape index (κ1) is 16.1. The highest BCUT2D eigenvalue weighted by Crippen LogP contribution is 2.09. The average molecular weight is 411 g/mol. The van der Waals surface area contributed by atoms with E-state index in [0.717, 1.165) is 15.2 Å². The van der Waals surface area contributed by atoms with Gasteiger partial charge in [-0.15, -0.1) is 0 Å². The van der Waals surface area contributed by atoms with Crippen LogP contribution in [0, 0.1) is 9.39 Å². The highest BCUT2D eigenvalue weighted by Gasteiger charge is 2.12. The van der Waals surface area contributed by atoms with Gasteiger partial charge in [0.15, 0.2) is 0 Å². The molecule has 2 rings (SSSR count). The summed E-state index contributed by atoms with van der Waals surface area (Å²) in [6.45, 7) is 0. The van der Waals surface area contributed by atoms with Crippen molar-refractivity contribution in [1.29, 1.82) is 0 Å². The van der Waals surface area contributed by atoms with Gasteiger partial charge in [0.1, 0.15) is 5.82 Å². The number of carbonyl (C=O) groups is 2. The Morgan fingerprint density at radius 1 is 1.09 bits per heavy atom. The molecular weight excluding hydrogens is 400 g/mol. The van der Waals surface area contributed by atoms with Gasteiger partial charge in [0.25, 0.3) is 0 Å². The van der Waals surface area contributed by atoms with E-state index in [9.17, 15) is 14.0 Å². The number of hydrogen-bond acceptors (Lipinski definition) is 3. The summed E-state index contributed by atoms with van der Waals surface area (Å²) >= 11 is 2.13. The van der Waals surface area contributed by atoms with Crippen molar-refractivity contribution in [2.45, 2.75) is 0 Å². The Labute approximate surface area is 139 Å². The molecule has 0 unspecified atom stereocenters. The minimum Gasteiger partial charge on any atom is -0.318 e. The summed E-state index contributed by atoms with van der Waals surface area (Å²) in [4.78, 5) is 23.2. The van der Waals surface area contributed by atoms with Crippen LogP contribution in [0.5, 0.6) is 0 Å². The van der Waals surface area contributed by atoms with Gasteiger partial charge >= 0.3 is 11.8 Å². The first-order valence-corrected chi connectivity index (χ1v) is 7.28. The number of hydrazone groups is 1. The third-order valence-corrected chi connectivity index (χ3v) is 3.55. The van der Waals surface area contributed by atoms with Crippen molar-refractivity contribution in [1.82, 2.24) is 5.43 Å². The first-order valence-electron chi connectivity index (χ1n) is 6.21. The van der Waals surface area contributed by atoms with Crippen molar-refractivity contribution in [3.8, 4) is 0 Å². The summed E-state index contributed by atoms with van der Waals surface area (Å²) < 4.78 is 13.9. The fraction of sp³-hybridized carbons (Fsp3) is 0. The van der Waals surface area contributed by atoms with Gasteiger partial charge in [0.2, 0.25) is 0 Å². The lowest BCUT2D eigenvalue weighted by Crippen LogP contribution is -2.32. The van der Waals surface area contributed by atoms with Gasteiger partial charge < -0.3 is 5.32 Å². The number of nitrogens with one attached hydrogen (secondary N) is 2. The van der Waals surface area contributed by atoms with Crippen LogP contribution in [0.1, 0.15) is 5.56 Å². The molecule has 22 heavy (non-hydrogen) atoms. The number of hydrogen-bond donors (Lipinski definition) is 2. The molecule has 112 valence electrons. The predicted molar refractivity (Wildman–Crippen MR) is 89.9 cm³/mol. The van der Waals surface area contributed by atoms with Crippen molar-refractivity contribution >= 4 is 46.3 Å². The Bertz CT molecular complexity index is 734. The van der Waals surface area contributed by atoms with E-state index in [2.05, 4.69) is 38.4 Å². The molecule has 7 heteroatoms. The maximum atomic E-state index is 13.0. The zero-order valence-electron chi connectivity index (χ0n) is 11.2. The third-order valence-electron chi connectivity index (χ3n) is 2.56. The van der Waals surface area contributed by atoms with Crippen LogP contribution in [0.3, 0.4) is 0 Å². The molecule has 0 saturated carbocycles. The highest BCUT2D eigenvalue weighted by molar-refractivity contribution is 14.1. The third kappa shape index (κ3) is 4.62. The van der Waals surface area contributed by atoms with Crippen LogP contribution in [-0.2, 0) is 9.59 Å². The molecule has 2 N–H and O–H groups in total. The number of anilines is 1. The van der Waals surface area contributed by atoms with Gasteiger partial charge in [-0.25, -0.2) is 9.82 Å². The molecule has 2 aromatic carbocycles. The molecule has 0 aliphatic carbocycles. The molecule has 0 atom stereocenters. The summed E-state index contributed by atoms with van der Waals surface area (Å²) in [6, 6.07) is 12.7. The van der Waals surface area contributed by atoms with E-state index >= 15 is 0 Å². The second kappa shape index (κ2) is 7.64. The average Bonchev–Trinajstić information content (AvgIpc) is 2.49.